The molecule has 0 fully saturated rings. The van der Waals surface area contributed by atoms with E-state index in [0.717, 1.165) is 5.56 Å². The van der Waals surface area contributed by atoms with Gasteiger partial charge in [0.15, 0.2) is 0 Å². The molecule has 0 saturated carbocycles. The summed E-state index contributed by atoms with van der Waals surface area (Å²) in [5, 5.41) is 13.7. The van der Waals surface area contributed by atoms with Crippen LogP contribution in [-0.4, -0.2) is 17.1 Å². The van der Waals surface area contributed by atoms with Gasteiger partial charge in [0.2, 0.25) is 5.91 Å². The summed E-state index contributed by atoms with van der Waals surface area (Å²) in [6.45, 7) is 5.59. The van der Waals surface area contributed by atoms with E-state index in [-0.39, 0.29) is 11.9 Å². The lowest BCUT2D eigenvalue weighted by atomic mass is 9.83. The number of hydrogen-bond donors (Lipinski definition) is 2. The van der Waals surface area contributed by atoms with Crippen LogP contribution >= 0.6 is 11.6 Å². The number of nitrogens with one attached hydrogen (secondary N) is 1. The molecule has 0 radical (unpaired) electrons. The lowest BCUT2D eigenvalue weighted by molar-refractivity contribution is -0.126. The topological polar surface area (TPSA) is 62.5 Å². The number of aliphatic hydroxyl groups is 1. The molecule has 23 heavy (non-hydrogen) atoms. The number of amides is 1. The maximum absolute atomic E-state index is 12.6. The highest BCUT2D eigenvalue weighted by Crippen LogP contribution is 2.26. The highest BCUT2D eigenvalue weighted by Gasteiger charge is 2.31. The second-order valence-electron chi connectivity index (χ2n) is 6.27. The molecule has 2 aromatic rings. The van der Waals surface area contributed by atoms with Gasteiger partial charge in [0, 0.05) is 17.5 Å². The molecule has 1 heterocycles. The normalized spacial score (nSPS) is 14.3. The number of hydrogen-bond acceptors (Lipinski definition) is 3. The van der Waals surface area contributed by atoms with Crippen LogP contribution in [0.25, 0.3) is 0 Å². The predicted octanol–water partition coefficient (Wildman–Crippen LogP) is 3.84. The van der Waals surface area contributed by atoms with Crippen LogP contribution < -0.4 is 5.32 Å². The number of furan rings is 1. The van der Waals surface area contributed by atoms with Gasteiger partial charge in [0.05, 0.1) is 11.7 Å². The summed E-state index contributed by atoms with van der Waals surface area (Å²) in [7, 11) is 0. The van der Waals surface area contributed by atoms with E-state index in [9.17, 15) is 9.90 Å². The monoisotopic (exact) mass is 335 g/mol. The number of rotatable bonds is 6. The maximum atomic E-state index is 12.6. The Morgan fingerprint density at radius 2 is 1.96 bits per heavy atom. The van der Waals surface area contributed by atoms with Gasteiger partial charge in [-0.1, -0.05) is 23.7 Å². The molecule has 1 aromatic heterocycles. The van der Waals surface area contributed by atoms with Crippen LogP contribution in [0, 0.1) is 0 Å². The Labute approximate surface area is 141 Å². The Balaban J connectivity index is 1.98. The Morgan fingerprint density at radius 1 is 1.30 bits per heavy atom. The van der Waals surface area contributed by atoms with Gasteiger partial charge in [-0.25, -0.2) is 0 Å². The van der Waals surface area contributed by atoms with Crippen molar-refractivity contribution in [2.45, 2.75) is 44.8 Å². The summed E-state index contributed by atoms with van der Waals surface area (Å²) < 4.78 is 5.17. The number of benzene rings is 1. The van der Waals surface area contributed by atoms with Gasteiger partial charge in [-0.05, 0) is 50.6 Å². The molecule has 0 saturated heterocycles. The van der Waals surface area contributed by atoms with Crippen LogP contribution in [0.1, 0.15) is 44.6 Å². The van der Waals surface area contributed by atoms with E-state index in [4.69, 9.17) is 16.0 Å². The lowest BCUT2D eigenvalue weighted by Gasteiger charge is -2.27. The van der Waals surface area contributed by atoms with E-state index >= 15 is 0 Å². The first-order valence-electron chi connectivity index (χ1n) is 7.59. The van der Waals surface area contributed by atoms with E-state index in [1.165, 1.54) is 6.26 Å². The molecule has 124 valence electrons. The van der Waals surface area contributed by atoms with E-state index in [2.05, 4.69) is 5.32 Å². The summed E-state index contributed by atoms with van der Waals surface area (Å²) in [6, 6.07) is 10.5. The zero-order valence-electron chi connectivity index (χ0n) is 13.5. The molecule has 0 aliphatic heterocycles. The van der Waals surface area contributed by atoms with Crippen LogP contribution in [0.5, 0.6) is 0 Å². The second-order valence-corrected chi connectivity index (χ2v) is 6.71. The summed E-state index contributed by atoms with van der Waals surface area (Å²) in [6.07, 6.45) is 1.17. The molecule has 2 N–H and O–H groups in total. The van der Waals surface area contributed by atoms with Crippen molar-refractivity contribution in [1.29, 1.82) is 0 Å². The van der Waals surface area contributed by atoms with Gasteiger partial charge in [0.1, 0.15) is 11.9 Å². The number of halogens is 1. The number of aliphatic hydroxyl groups excluding tert-OH is 1. The van der Waals surface area contributed by atoms with Gasteiger partial charge in [-0.3, -0.25) is 4.79 Å². The molecule has 1 amide bonds. The molecule has 0 spiro atoms. The third-order valence-electron chi connectivity index (χ3n) is 3.96. The van der Waals surface area contributed by atoms with E-state index in [0.29, 0.717) is 17.2 Å². The maximum Gasteiger partial charge on any atom is 0.230 e. The average molecular weight is 336 g/mol. The molecule has 0 aliphatic rings. The van der Waals surface area contributed by atoms with Gasteiger partial charge in [-0.2, -0.15) is 0 Å². The Kier molecular flexibility index (Phi) is 5.50. The molecule has 2 unspecified atom stereocenters. The van der Waals surface area contributed by atoms with E-state index < -0.39 is 11.5 Å². The van der Waals surface area contributed by atoms with Gasteiger partial charge in [-0.15, -0.1) is 0 Å². The number of carbonyl (C=O) groups is 1. The van der Waals surface area contributed by atoms with E-state index in [1.807, 2.05) is 32.9 Å². The zero-order chi connectivity index (χ0) is 17.0. The minimum atomic E-state index is -0.737. The summed E-state index contributed by atoms with van der Waals surface area (Å²) in [5.41, 5.74) is 0.201. The third kappa shape index (κ3) is 4.36. The Hall–Kier alpha value is -1.78. The largest absolute Gasteiger partial charge is 0.467 e. The van der Waals surface area contributed by atoms with Crippen molar-refractivity contribution in [2.24, 2.45) is 0 Å². The molecule has 0 aliphatic carbocycles. The van der Waals surface area contributed by atoms with Gasteiger partial charge in [0.25, 0.3) is 0 Å². The van der Waals surface area contributed by atoms with Crippen molar-refractivity contribution in [2.75, 3.05) is 0 Å². The molecular weight excluding hydrogens is 314 g/mol. The van der Waals surface area contributed by atoms with Crippen molar-refractivity contribution < 1.29 is 14.3 Å². The van der Waals surface area contributed by atoms with Crippen molar-refractivity contribution >= 4 is 17.5 Å². The third-order valence-corrected chi connectivity index (χ3v) is 4.21. The molecule has 0 bridgehead atoms. The summed E-state index contributed by atoms with van der Waals surface area (Å²) in [4.78, 5) is 12.6. The molecule has 1 aromatic carbocycles. The Bertz CT molecular complexity index is 635. The van der Waals surface area contributed by atoms with Crippen LogP contribution in [-0.2, 0) is 10.2 Å². The van der Waals surface area contributed by atoms with Gasteiger partial charge < -0.3 is 14.8 Å². The van der Waals surface area contributed by atoms with E-state index in [1.54, 1.807) is 24.3 Å². The minimum Gasteiger partial charge on any atom is -0.467 e. The van der Waals surface area contributed by atoms with Crippen LogP contribution in [0.15, 0.2) is 47.1 Å². The van der Waals surface area contributed by atoms with Crippen LogP contribution in [0.4, 0.5) is 0 Å². The fourth-order valence-electron chi connectivity index (χ4n) is 2.39. The predicted molar refractivity (Wildman–Crippen MR) is 90.4 cm³/mol. The van der Waals surface area contributed by atoms with Crippen LogP contribution in [0.3, 0.4) is 0 Å². The molecular formula is C18H22ClNO3. The van der Waals surface area contributed by atoms with Crippen molar-refractivity contribution in [3.05, 3.63) is 59.0 Å². The molecule has 2 rings (SSSR count). The summed E-state index contributed by atoms with van der Waals surface area (Å²) >= 11 is 5.89. The smallest absolute Gasteiger partial charge is 0.230 e. The molecule has 2 atom stereocenters. The van der Waals surface area contributed by atoms with Crippen molar-refractivity contribution in [3.63, 3.8) is 0 Å². The van der Waals surface area contributed by atoms with Crippen molar-refractivity contribution in [1.82, 2.24) is 5.32 Å². The first-order valence-corrected chi connectivity index (χ1v) is 7.97. The standard InChI is InChI=1S/C18H22ClNO3/c1-12(11-15(21)16-5-4-10-23-16)20-17(22)18(2,3)13-6-8-14(19)9-7-13/h4-10,12,15,21H,11H2,1-3H3,(H,20,22). The lowest BCUT2D eigenvalue weighted by Crippen LogP contribution is -2.44. The highest BCUT2D eigenvalue weighted by atomic mass is 35.5. The number of carbonyl (C=O) groups excluding carboxylic acids is 1. The quantitative estimate of drug-likeness (QED) is 0.843. The average Bonchev–Trinajstić information content (AvgIpc) is 3.01. The zero-order valence-corrected chi connectivity index (χ0v) is 14.3. The highest BCUT2D eigenvalue weighted by molar-refractivity contribution is 6.30. The first kappa shape index (κ1) is 17.6. The molecule has 5 heteroatoms. The molecule has 4 nitrogen and oxygen atoms in total. The van der Waals surface area contributed by atoms with Crippen molar-refractivity contribution in [3.8, 4) is 0 Å². The Morgan fingerprint density at radius 3 is 2.52 bits per heavy atom. The van der Waals surface area contributed by atoms with Gasteiger partial charge >= 0.3 is 0 Å². The fraction of sp³-hybridized carbons (Fsp3) is 0.389. The second kappa shape index (κ2) is 7.20. The van der Waals surface area contributed by atoms with Crippen LogP contribution in [0.2, 0.25) is 5.02 Å². The minimum absolute atomic E-state index is 0.0982. The first-order chi connectivity index (χ1) is 10.8. The fourth-order valence-corrected chi connectivity index (χ4v) is 2.52. The summed E-state index contributed by atoms with van der Waals surface area (Å²) in [5.74, 6) is 0.405. The SMILES string of the molecule is CC(CC(O)c1ccco1)NC(=O)C(C)(C)c1ccc(Cl)cc1.